The molecule has 11 heteroatoms. The molecule has 23 heavy (non-hydrogen) atoms. The molecule has 0 aromatic carbocycles. The molecule has 0 amide bonds. The number of hydrogen-bond donors (Lipinski definition) is 2. The van der Waals surface area contributed by atoms with E-state index in [4.69, 9.17) is 0 Å². The lowest BCUT2D eigenvalue weighted by molar-refractivity contribution is -0.380. The number of hydrogen-bond acceptors (Lipinski definition) is 9. The molecule has 1 aliphatic rings. The average molecular weight is 355 g/mol. The summed E-state index contributed by atoms with van der Waals surface area (Å²) in [4.78, 5) is 18.3. The highest BCUT2D eigenvalue weighted by Gasteiger charge is 2.33. The van der Waals surface area contributed by atoms with Gasteiger partial charge < -0.3 is 14.6 Å². The number of aliphatic hydroxyl groups excluding tert-OH is 1. The molecule has 3 rings (SSSR count). The van der Waals surface area contributed by atoms with Crippen LogP contribution in [0.5, 0.6) is 0 Å². The lowest BCUT2D eigenvalue weighted by Gasteiger charge is -2.31. The van der Waals surface area contributed by atoms with Crippen molar-refractivity contribution < 1.29 is 15.2 Å². The van der Waals surface area contributed by atoms with Gasteiger partial charge >= 0.3 is 5.00 Å². The molecule has 2 aromatic rings. The first-order chi connectivity index (χ1) is 11.0. The molecule has 0 saturated carbocycles. The third-order valence-corrected chi connectivity index (χ3v) is 5.35. The van der Waals surface area contributed by atoms with Crippen LogP contribution in [0, 0.1) is 10.1 Å². The van der Waals surface area contributed by atoms with Gasteiger partial charge in [-0.3, -0.25) is 10.1 Å². The van der Waals surface area contributed by atoms with Crippen LogP contribution >= 0.6 is 23.3 Å². The van der Waals surface area contributed by atoms with Crippen molar-refractivity contribution in [1.82, 2.24) is 19.0 Å². The molecule has 2 N–H and O–H groups in total. The van der Waals surface area contributed by atoms with Crippen molar-refractivity contribution >= 4 is 34.0 Å². The zero-order chi connectivity index (χ0) is 16.6. The van der Waals surface area contributed by atoms with Gasteiger partial charge in [0, 0.05) is 11.9 Å². The number of nitrogens with zero attached hydrogens (tertiary/aromatic N) is 5. The highest BCUT2D eigenvalue weighted by Crippen LogP contribution is 2.43. The Kier molecular flexibility index (Phi) is 4.13. The third-order valence-electron chi connectivity index (χ3n) is 3.30. The highest BCUT2D eigenvalue weighted by molar-refractivity contribution is 7.99. The average Bonchev–Trinajstić information content (AvgIpc) is 3.11. The Morgan fingerprint density at radius 3 is 2.96 bits per heavy atom. The molecule has 0 fully saturated rings. The van der Waals surface area contributed by atoms with E-state index in [1.165, 1.54) is 30.7 Å². The zero-order valence-corrected chi connectivity index (χ0v) is 13.6. The molecule has 1 unspecified atom stereocenters. The van der Waals surface area contributed by atoms with E-state index in [1.807, 2.05) is 6.92 Å². The Bertz CT molecular complexity index is 771. The van der Waals surface area contributed by atoms with Crippen LogP contribution in [-0.2, 0) is 0 Å². The van der Waals surface area contributed by atoms with Crippen LogP contribution in [0.3, 0.4) is 0 Å². The van der Waals surface area contributed by atoms with E-state index in [0.717, 1.165) is 22.5 Å². The summed E-state index contributed by atoms with van der Waals surface area (Å²) in [7, 11) is 0. The van der Waals surface area contributed by atoms with Gasteiger partial charge in [-0.2, -0.15) is 4.73 Å². The summed E-state index contributed by atoms with van der Waals surface area (Å²) < 4.78 is 3.11. The molecule has 0 aliphatic carbocycles. The van der Waals surface area contributed by atoms with Crippen molar-refractivity contribution in [1.29, 1.82) is 0 Å². The summed E-state index contributed by atoms with van der Waals surface area (Å²) in [5.74, 6) is -0.0706. The molecule has 0 bridgehead atoms. The Morgan fingerprint density at radius 2 is 2.30 bits per heavy atom. The van der Waals surface area contributed by atoms with E-state index in [0.29, 0.717) is 22.1 Å². The Labute approximate surface area is 139 Å². The number of aliphatic hydroxyl groups is 1. The number of thiazole rings is 1. The van der Waals surface area contributed by atoms with Crippen LogP contribution in [0.25, 0.3) is 5.76 Å². The Morgan fingerprint density at radius 1 is 1.52 bits per heavy atom. The van der Waals surface area contributed by atoms with Gasteiger partial charge in [0.2, 0.25) is 0 Å². The van der Waals surface area contributed by atoms with Crippen LogP contribution in [0.1, 0.15) is 37.2 Å². The van der Waals surface area contributed by atoms with Crippen molar-refractivity contribution in [3.8, 4) is 0 Å². The lowest BCUT2D eigenvalue weighted by atomic mass is 10.0. The van der Waals surface area contributed by atoms with Crippen LogP contribution in [0.4, 0.5) is 5.00 Å². The van der Waals surface area contributed by atoms with Gasteiger partial charge in [0.25, 0.3) is 0 Å². The first kappa shape index (κ1) is 15.6. The molecule has 0 spiro atoms. The van der Waals surface area contributed by atoms with Crippen LogP contribution < -0.4 is 0 Å². The minimum Gasteiger partial charge on any atom is -0.504 e. The fourth-order valence-corrected chi connectivity index (χ4v) is 4.24. The van der Waals surface area contributed by atoms with E-state index in [2.05, 4.69) is 9.97 Å². The minimum absolute atomic E-state index is 0.0439. The van der Waals surface area contributed by atoms with Crippen LogP contribution in [0.15, 0.2) is 23.1 Å². The number of nitro groups is 1. The molecule has 0 radical (unpaired) electrons. The maximum atomic E-state index is 10.8. The zero-order valence-electron chi connectivity index (χ0n) is 12.0. The SMILES string of the molecule is CCCC1c2c(ncn2O)C(O)=CN1Sc1ncc([N+](=O)[O-])s1. The van der Waals surface area contributed by atoms with Crippen molar-refractivity contribution in [2.75, 3.05) is 0 Å². The lowest BCUT2D eigenvalue weighted by Crippen LogP contribution is -2.24. The van der Waals surface area contributed by atoms with Gasteiger partial charge in [0.1, 0.15) is 23.9 Å². The summed E-state index contributed by atoms with van der Waals surface area (Å²) in [6.07, 6.45) is 5.51. The highest BCUT2D eigenvalue weighted by atomic mass is 32.2. The fraction of sp³-hybridized carbons (Fsp3) is 0.333. The van der Waals surface area contributed by atoms with Gasteiger partial charge in [0.05, 0.1) is 17.2 Å². The van der Waals surface area contributed by atoms with Gasteiger partial charge in [-0.1, -0.05) is 13.3 Å². The quantitative estimate of drug-likeness (QED) is 0.363. The predicted molar refractivity (Wildman–Crippen MR) is 84.1 cm³/mol. The van der Waals surface area contributed by atoms with Crippen molar-refractivity contribution in [3.63, 3.8) is 0 Å². The van der Waals surface area contributed by atoms with E-state index in [9.17, 15) is 20.4 Å². The summed E-state index contributed by atoms with van der Waals surface area (Å²) in [5, 5.41) is 30.8. The third kappa shape index (κ3) is 2.84. The van der Waals surface area contributed by atoms with Crippen molar-refractivity contribution in [3.05, 3.63) is 40.2 Å². The monoisotopic (exact) mass is 355 g/mol. The second kappa shape index (κ2) is 6.08. The summed E-state index contributed by atoms with van der Waals surface area (Å²) in [6.45, 7) is 2.01. The smallest absolute Gasteiger partial charge is 0.344 e. The molecule has 3 heterocycles. The first-order valence-electron chi connectivity index (χ1n) is 6.75. The standard InChI is InChI=1S/C12H13N5O4S2/c1-2-3-7-11-10(14-6-15(11)19)8(18)5-16(7)23-12-13-4-9(22-12)17(20)21/h4-7,18-19H,2-3H2,1H3. The molecular weight excluding hydrogens is 342 g/mol. The summed E-state index contributed by atoms with van der Waals surface area (Å²) in [6, 6.07) is -0.230. The number of imidazole rings is 1. The molecule has 0 saturated heterocycles. The second-order valence-electron chi connectivity index (χ2n) is 4.81. The fourth-order valence-electron chi connectivity index (χ4n) is 2.34. The predicted octanol–water partition coefficient (Wildman–Crippen LogP) is 3.21. The topological polar surface area (TPSA) is 118 Å². The minimum atomic E-state index is -0.490. The Balaban J connectivity index is 1.92. The van der Waals surface area contributed by atoms with E-state index in [-0.39, 0.29) is 16.8 Å². The normalized spacial score (nSPS) is 17.0. The second-order valence-corrected chi connectivity index (χ2v) is 7.07. The van der Waals surface area contributed by atoms with Crippen LogP contribution in [-0.4, -0.2) is 34.2 Å². The molecule has 1 aliphatic heterocycles. The first-order valence-corrected chi connectivity index (χ1v) is 8.34. The van der Waals surface area contributed by atoms with Gasteiger partial charge in [0.15, 0.2) is 10.1 Å². The van der Waals surface area contributed by atoms with Gasteiger partial charge in [-0.05, 0) is 17.8 Å². The molecule has 1 atom stereocenters. The summed E-state index contributed by atoms with van der Waals surface area (Å²) in [5.41, 5.74) is 0.832. The van der Waals surface area contributed by atoms with Crippen LogP contribution in [0.2, 0.25) is 0 Å². The van der Waals surface area contributed by atoms with E-state index >= 15 is 0 Å². The molecule has 2 aromatic heterocycles. The Hall–Kier alpha value is -2.27. The molecule has 9 nitrogen and oxygen atoms in total. The molecule has 122 valence electrons. The number of rotatable bonds is 5. The summed E-state index contributed by atoms with van der Waals surface area (Å²) >= 11 is 2.14. The maximum Gasteiger partial charge on any atom is 0.344 e. The number of aromatic nitrogens is 3. The van der Waals surface area contributed by atoms with E-state index < -0.39 is 4.92 Å². The van der Waals surface area contributed by atoms with Crippen molar-refractivity contribution in [2.24, 2.45) is 0 Å². The van der Waals surface area contributed by atoms with Gasteiger partial charge in [-0.15, -0.1) is 0 Å². The van der Waals surface area contributed by atoms with E-state index in [1.54, 1.807) is 4.31 Å². The maximum absolute atomic E-state index is 10.8. The van der Waals surface area contributed by atoms with Gasteiger partial charge in [-0.25, -0.2) is 9.97 Å². The number of fused-ring (bicyclic) bond motifs is 1. The molecular formula is C12H13N5O4S2. The van der Waals surface area contributed by atoms with Crippen molar-refractivity contribution in [2.45, 2.75) is 30.1 Å². The largest absolute Gasteiger partial charge is 0.504 e.